The molecule has 2 heterocycles. The quantitative estimate of drug-likeness (QED) is 0.686. The fraction of sp³-hybridized carbons (Fsp3) is 0.333. The highest BCUT2D eigenvalue weighted by Gasteiger charge is 2.30. The van der Waals surface area contributed by atoms with Crippen molar-refractivity contribution < 1.29 is 4.79 Å². The maximum absolute atomic E-state index is 12.9. The third kappa shape index (κ3) is 4.43. The first-order valence-corrected chi connectivity index (χ1v) is 9.72. The van der Waals surface area contributed by atoms with Crippen LogP contribution in [0.5, 0.6) is 0 Å². The first kappa shape index (κ1) is 18.3. The van der Waals surface area contributed by atoms with Crippen LogP contribution in [0, 0.1) is 0 Å². The molecule has 0 saturated carbocycles. The third-order valence-electron chi connectivity index (χ3n) is 5.15. The Hall–Kier alpha value is -3.06. The number of aryl methyl sites for hydroxylation is 1. The SMILES string of the molecule is O=C(Nc1cccc(-n2cnnn2)c1)C1CCCN1CCCc1ccccc1. The molecule has 1 aliphatic rings. The standard InChI is InChI=1S/C21H24N6O/c28-21(23-18-10-4-11-19(15-18)27-16-22-24-25-27)20-12-6-14-26(20)13-5-9-17-7-2-1-3-8-17/h1-4,7-8,10-11,15-16,20H,5-6,9,12-14H2,(H,23,28). The number of hydrogen-bond donors (Lipinski definition) is 1. The predicted molar refractivity (Wildman–Crippen MR) is 107 cm³/mol. The molecule has 1 aromatic heterocycles. The number of carbonyl (C=O) groups is 1. The van der Waals surface area contributed by atoms with E-state index in [-0.39, 0.29) is 11.9 Å². The molecule has 1 N–H and O–H groups in total. The van der Waals surface area contributed by atoms with Gasteiger partial charge in [0.2, 0.25) is 5.91 Å². The Bertz CT molecular complexity index is 896. The monoisotopic (exact) mass is 376 g/mol. The first-order valence-electron chi connectivity index (χ1n) is 9.72. The lowest BCUT2D eigenvalue weighted by atomic mass is 10.1. The minimum atomic E-state index is -0.0625. The molecule has 0 bridgehead atoms. The number of likely N-dealkylation sites (tertiary alicyclic amines) is 1. The Balaban J connectivity index is 1.34. The first-order chi connectivity index (χ1) is 13.8. The van der Waals surface area contributed by atoms with Crippen molar-refractivity contribution in [3.8, 4) is 5.69 Å². The van der Waals surface area contributed by atoms with Gasteiger partial charge in [-0.2, -0.15) is 0 Å². The number of aromatic nitrogens is 4. The summed E-state index contributed by atoms with van der Waals surface area (Å²) in [5.41, 5.74) is 2.92. The van der Waals surface area contributed by atoms with Gasteiger partial charge in [-0.05, 0) is 73.0 Å². The number of carbonyl (C=O) groups excluding carboxylic acids is 1. The Morgan fingerprint density at radius 2 is 2.04 bits per heavy atom. The summed E-state index contributed by atoms with van der Waals surface area (Å²) < 4.78 is 1.57. The highest BCUT2D eigenvalue weighted by molar-refractivity contribution is 5.95. The minimum Gasteiger partial charge on any atom is -0.325 e. The summed E-state index contributed by atoms with van der Waals surface area (Å²) in [5, 5.41) is 14.3. The molecule has 3 aromatic rings. The van der Waals surface area contributed by atoms with E-state index in [0.29, 0.717) is 0 Å². The maximum atomic E-state index is 12.9. The molecule has 1 unspecified atom stereocenters. The number of benzene rings is 2. The van der Waals surface area contributed by atoms with Gasteiger partial charge in [0.15, 0.2) is 0 Å². The molecular formula is C21H24N6O. The smallest absolute Gasteiger partial charge is 0.241 e. The highest BCUT2D eigenvalue weighted by atomic mass is 16.2. The summed E-state index contributed by atoms with van der Waals surface area (Å²) >= 11 is 0. The van der Waals surface area contributed by atoms with E-state index in [1.54, 1.807) is 4.68 Å². The second-order valence-corrected chi connectivity index (χ2v) is 7.08. The van der Waals surface area contributed by atoms with Gasteiger partial charge in [0.25, 0.3) is 0 Å². The number of amides is 1. The Labute approximate surface area is 164 Å². The molecule has 1 atom stereocenters. The average Bonchev–Trinajstić information content (AvgIpc) is 3.41. The highest BCUT2D eigenvalue weighted by Crippen LogP contribution is 2.21. The van der Waals surface area contributed by atoms with Crippen molar-refractivity contribution in [2.75, 3.05) is 18.4 Å². The second-order valence-electron chi connectivity index (χ2n) is 7.08. The molecule has 7 nitrogen and oxygen atoms in total. The predicted octanol–water partition coefficient (Wildman–Crippen LogP) is 2.70. The zero-order valence-electron chi connectivity index (χ0n) is 15.7. The van der Waals surface area contributed by atoms with Crippen LogP contribution in [0.15, 0.2) is 60.9 Å². The Morgan fingerprint density at radius 1 is 1.14 bits per heavy atom. The van der Waals surface area contributed by atoms with E-state index >= 15 is 0 Å². The molecule has 2 aromatic carbocycles. The molecule has 0 aliphatic carbocycles. The zero-order valence-corrected chi connectivity index (χ0v) is 15.7. The number of nitrogens with one attached hydrogen (secondary N) is 1. The summed E-state index contributed by atoms with van der Waals surface area (Å²) in [6.07, 6.45) is 5.60. The molecule has 1 aliphatic heterocycles. The lowest BCUT2D eigenvalue weighted by molar-refractivity contribution is -0.120. The van der Waals surface area contributed by atoms with Crippen molar-refractivity contribution in [1.82, 2.24) is 25.1 Å². The second kappa shape index (κ2) is 8.75. The number of nitrogens with zero attached hydrogens (tertiary/aromatic N) is 5. The van der Waals surface area contributed by atoms with Gasteiger partial charge in [-0.15, -0.1) is 5.10 Å². The van der Waals surface area contributed by atoms with Crippen LogP contribution >= 0.6 is 0 Å². The van der Waals surface area contributed by atoms with E-state index in [9.17, 15) is 4.79 Å². The van der Waals surface area contributed by atoms with Gasteiger partial charge in [0.1, 0.15) is 6.33 Å². The van der Waals surface area contributed by atoms with E-state index in [2.05, 4.69) is 50.0 Å². The number of anilines is 1. The molecule has 1 amide bonds. The third-order valence-corrected chi connectivity index (χ3v) is 5.15. The largest absolute Gasteiger partial charge is 0.325 e. The van der Waals surface area contributed by atoms with Crippen molar-refractivity contribution in [2.24, 2.45) is 0 Å². The fourth-order valence-electron chi connectivity index (χ4n) is 3.75. The van der Waals surface area contributed by atoms with Gasteiger partial charge in [0, 0.05) is 5.69 Å². The molecule has 4 rings (SSSR count). The lowest BCUT2D eigenvalue weighted by Gasteiger charge is -2.23. The Kier molecular flexibility index (Phi) is 5.72. The Morgan fingerprint density at radius 3 is 2.86 bits per heavy atom. The van der Waals surface area contributed by atoms with Crippen LogP contribution in [0.2, 0.25) is 0 Å². The summed E-state index contributed by atoms with van der Waals surface area (Å²) in [6, 6.07) is 18.0. The van der Waals surface area contributed by atoms with Crippen LogP contribution in [-0.2, 0) is 11.2 Å². The van der Waals surface area contributed by atoms with Gasteiger partial charge in [-0.3, -0.25) is 9.69 Å². The number of hydrogen-bond acceptors (Lipinski definition) is 5. The van der Waals surface area contributed by atoms with E-state index in [0.717, 1.165) is 50.1 Å². The fourth-order valence-corrected chi connectivity index (χ4v) is 3.75. The van der Waals surface area contributed by atoms with Gasteiger partial charge < -0.3 is 5.32 Å². The summed E-state index contributed by atoms with van der Waals surface area (Å²) in [4.78, 5) is 15.2. The summed E-state index contributed by atoms with van der Waals surface area (Å²) in [5.74, 6) is 0.0612. The van der Waals surface area contributed by atoms with Gasteiger partial charge in [0.05, 0.1) is 11.7 Å². The molecule has 1 fully saturated rings. The van der Waals surface area contributed by atoms with Crippen molar-refractivity contribution in [3.63, 3.8) is 0 Å². The maximum Gasteiger partial charge on any atom is 0.241 e. The van der Waals surface area contributed by atoms with Crippen LogP contribution in [0.4, 0.5) is 5.69 Å². The molecule has 0 radical (unpaired) electrons. The van der Waals surface area contributed by atoms with Crippen molar-refractivity contribution in [3.05, 3.63) is 66.5 Å². The zero-order chi connectivity index (χ0) is 19.2. The number of rotatable bonds is 7. The molecule has 0 spiro atoms. The topological polar surface area (TPSA) is 75.9 Å². The molecule has 1 saturated heterocycles. The summed E-state index contributed by atoms with van der Waals surface area (Å²) in [7, 11) is 0. The van der Waals surface area contributed by atoms with Crippen LogP contribution in [0.25, 0.3) is 5.69 Å². The van der Waals surface area contributed by atoms with E-state index in [4.69, 9.17) is 0 Å². The molecule has 28 heavy (non-hydrogen) atoms. The van der Waals surface area contributed by atoms with Crippen molar-refractivity contribution >= 4 is 11.6 Å². The van der Waals surface area contributed by atoms with Gasteiger partial charge in [-0.1, -0.05) is 36.4 Å². The van der Waals surface area contributed by atoms with Crippen LogP contribution < -0.4 is 5.32 Å². The van der Waals surface area contributed by atoms with E-state index < -0.39 is 0 Å². The van der Waals surface area contributed by atoms with E-state index in [1.165, 1.54) is 11.9 Å². The molecular weight excluding hydrogens is 352 g/mol. The van der Waals surface area contributed by atoms with Gasteiger partial charge >= 0.3 is 0 Å². The summed E-state index contributed by atoms with van der Waals surface area (Å²) in [6.45, 7) is 1.93. The minimum absolute atomic E-state index is 0.0612. The van der Waals surface area contributed by atoms with Crippen LogP contribution in [-0.4, -0.2) is 50.1 Å². The van der Waals surface area contributed by atoms with E-state index in [1.807, 2.05) is 30.3 Å². The molecule has 7 heteroatoms. The van der Waals surface area contributed by atoms with Crippen LogP contribution in [0.3, 0.4) is 0 Å². The normalized spacial score (nSPS) is 16.9. The van der Waals surface area contributed by atoms with Crippen molar-refractivity contribution in [2.45, 2.75) is 31.7 Å². The van der Waals surface area contributed by atoms with Gasteiger partial charge in [-0.25, -0.2) is 4.68 Å². The number of tetrazole rings is 1. The van der Waals surface area contributed by atoms with Crippen molar-refractivity contribution in [1.29, 1.82) is 0 Å². The van der Waals surface area contributed by atoms with Crippen LogP contribution in [0.1, 0.15) is 24.8 Å². The average molecular weight is 376 g/mol. The molecule has 144 valence electrons. The lowest BCUT2D eigenvalue weighted by Crippen LogP contribution is -2.40.